The van der Waals surface area contributed by atoms with Crippen molar-refractivity contribution in [2.24, 2.45) is 10.3 Å². The molecule has 0 radical (unpaired) electrons. The van der Waals surface area contributed by atoms with Crippen LogP contribution in [0, 0.1) is 0 Å². The molecule has 1 atom stereocenters. The number of hydrogen-bond acceptors (Lipinski definition) is 11. The molecule has 1 aliphatic heterocycles. The number of anilines is 1. The Labute approximate surface area is 235 Å². The molecular weight excluding hydrogens is 526 g/mol. The van der Waals surface area contributed by atoms with Gasteiger partial charge in [-0.25, -0.2) is 14.4 Å². The molecule has 0 fully saturated rings. The zero-order valence-corrected chi connectivity index (χ0v) is 22.6. The zero-order valence-electron chi connectivity index (χ0n) is 22.6. The van der Waals surface area contributed by atoms with Crippen molar-refractivity contribution in [1.82, 2.24) is 30.0 Å². The smallest absolute Gasteiger partial charge is 0.181 e. The second kappa shape index (κ2) is 10.7. The van der Waals surface area contributed by atoms with E-state index >= 15 is 0 Å². The second-order valence-electron chi connectivity index (χ2n) is 9.26. The molecule has 3 heterocycles. The lowest BCUT2D eigenvalue weighted by atomic mass is 9.88. The van der Waals surface area contributed by atoms with E-state index in [2.05, 4.69) is 31.0 Å². The van der Waals surface area contributed by atoms with E-state index in [1.165, 1.54) is 0 Å². The summed E-state index contributed by atoms with van der Waals surface area (Å²) in [5.41, 5.74) is 0.956. The molecule has 1 N–H and O–H groups in total. The Morgan fingerprint density at radius 2 is 1.07 bits per heavy atom. The third kappa shape index (κ3) is 4.82. The Morgan fingerprint density at radius 1 is 0.659 bits per heavy atom. The molecule has 0 aliphatic carbocycles. The van der Waals surface area contributed by atoms with Crippen LogP contribution in [-0.2, 0) is 5.60 Å². The zero-order chi connectivity index (χ0) is 28.4. The van der Waals surface area contributed by atoms with Crippen molar-refractivity contribution in [3.63, 3.8) is 0 Å². The molecule has 0 amide bonds. The van der Waals surface area contributed by atoms with Crippen LogP contribution in [0.15, 0.2) is 95.5 Å². The fraction of sp³-hybridized carbons (Fsp3) is 0.214. The molecule has 13 nitrogen and oxygen atoms in total. The van der Waals surface area contributed by atoms with Gasteiger partial charge in [0.1, 0.15) is 34.7 Å². The molecule has 6 rings (SSSR count). The SMILES string of the molecule is COc1ccc(N2CC(C(O)(c3cn(-c4ccc(OC)cc4)nn3)c3cn(-c4ccc(OC)cc4)nn3)N=N2)cc1. The first-order valence-corrected chi connectivity index (χ1v) is 12.7. The van der Waals surface area contributed by atoms with Crippen LogP contribution in [0.2, 0.25) is 0 Å². The van der Waals surface area contributed by atoms with Crippen molar-refractivity contribution in [3.05, 3.63) is 96.6 Å². The molecule has 208 valence electrons. The summed E-state index contributed by atoms with van der Waals surface area (Å²) in [5, 5.41) is 40.2. The Morgan fingerprint density at radius 3 is 1.49 bits per heavy atom. The lowest BCUT2D eigenvalue weighted by Gasteiger charge is -2.27. The molecule has 3 aromatic carbocycles. The van der Waals surface area contributed by atoms with Crippen molar-refractivity contribution < 1.29 is 19.3 Å². The van der Waals surface area contributed by atoms with Gasteiger partial charge in [0.25, 0.3) is 0 Å². The number of hydrogen-bond donors (Lipinski definition) is 1. The highest BCUT2D eigenvalue weighted by atomic mass is 16.5. The van der Waals surface area contributed by atoms with E-state index in [0.29, 0.717) is 11.5 Å². The maximum atomic E-state index is 12.4. The monoisotopic (exact) mass is 553 g/mol. The summed E-state index contributed by atoms with van der Waals surface area (Å²) in [5.74, 6) is 2.15. The van der Waals surface area contributed by atoms with Crippen molar-refractivity contribution in [1.29, 1.82) is 0 Å². The van der Waals surface area contributed by atoms with E-state index in [0.717, 1.165) is 22.8 Å². The van der Waals surface area contributed by atoms with Crippen LogP contribution in [0.5, 0.6) is 17.2 Å². The molecule has 2 aromatic heterocycles. The van der Waals surface area contributed by atoms with Crippen LogP contribution in [-0.4, -0.2) is 69.0 Å². The Bertz CT molecular complexity index is 1560. The third-order valence-electron chi connectivity index (χ3n) is 6.94. The predicted molar refractivity (Wildman–Crippen MR) is 148 cm³/mol. The summed E-state index contributed by atoms with van der Waals surface area (Å²) in [4.78, 5) is 0. The van der Waals surface area contributed by atoms with E-state index in [4.69, 9.17) is 14.2 Å². The number of rotatable bonds is 9. The van der Waals surface area contributed by atoms with Gasteiger partial charge in [-0.2, -0.15) is 5.11 Å². The van der Waals surface area contributed by atoms with Gasteiger partial charge in [0.15, 0.2) is 5.60 Å². The summed E-state index contributed by atoms with van der Waals surface area (Å²) < 4.78 is 18.9. The molecular formula is C28H27N9O4. The van der Waals surface area contributed by atoms with Gasteiger partial charge in [0.05, 0.1) is 57.3 Å². The Balaban J connectivity index is 1.36. The van der Waals surface area contributed by atoms with Gasteiger partial charge >= 0.3 is 0 Å². The molecule has 0 spiro atoms. The Kier molecular flexibility index (Phi) is 6.77. The lowest BCUT2D eigenvalue weighted by Crippen LogP contribution is -2.43. The standard InChI is InChI=1S/C28H27N9O4/c1-39-22-10-4-19(5-11-22)35-16-25(29-32-35)28(38,26-17-36(33-30-26)20-6-12-23(40-2)13-7-20)27-18-37(34-31-27)21-8-14-24(41-3)15-9-21/h4-17,27,38H,18H2,1-3H3. The van der Waals surface area contributed by atoms with Crippen molar-refractivity contribution in [2.75, 3.05) is 32.9 Å². The number of aromatic nitrogens is 6. The van der Waals surface area contributed by atoms with Gasteiger partial charge in [0, 0.05) is 0 Å². The summed E-state index contributed by atoms with van der Waals surface area (Å²) in [6.07, 6.45) is 3.31. The summed E-state index contributed by atoms with van der Waals surface area (Å²) >= 11 is 0. The minimum Gasteiger partial charge on any atom is -0.497 e. The van der Waals surface area contributed by atoms with Gasteiger partial charge in [-0.3, -0.25) is 0 Å². The van der Waals surface area contributed by atoms with Gasteiger partial charge in [-0.1, -0.05) is 15.7 Å². The van der Waals surface area contributed by atoms with Crippen LogP contribution >= 0.6 is 0 Å². The quantitative estimate of drug-likeness (QED) is 0.291. The highest BCUT2D eigenvalue weighted by molar-refractivity contribution is 5.49. The molecule has 1 aliphatic rings. The first-order chi connectivity index (χ1) is 20.0. The fourth-order valence-corrected chi connectivity index (χ4v) is 4.56. The van der Waals surface area contributed by atoms with Crippen LogP contribution in [0.1, 0.15) is 11.4 Å². The van der Waals surface area contributed by atoms with Crippen LogP contribution < -0.4 is 19.2 Å². The van der Waals surface area contributed by atoms with Crippen molar-refractivity contribution in [3.8, 4) is 28.6 Å². The van der Waals surface area contributed by atoms with E-state index in [9.17, 15) is 5.11 Å². The van der Waals surface area contributed by atoms with Crippen molar-refractivity contribution >= 4 is 5.69 Å². The van der Waals surface area contributed by atoms with Crippen LogP contribution in [0.3, 0.4) is 0 Å². The van der Waals surface area contributed by atoms with E-state index in [1.54, 1.807) is 48.1 Å². The largest absolute Gasteiger partial charge is 0.497 e. The molecule has 0 saturated heterocycles. The first kappa shape index (κ1) is 26.0. The maximum Gasteiger partial charge on any atom is 0.181 e. The fourth-order valence-electron chi connectivity index (χ4n) is 4.56. The molecule has 5 aromatic rings. The topological polar surface area (TPSA) is 137 Å². The molecule has 0 saturated carbocycles. The van der Waals surface area contributed by atoms with Gasteiger partial charge in [-0.15, -0.1) is 10.2 Å². The maximum absolute atomic E-state index is 12.4. The molecule has 0 bridgehead atoms. The molecule has 41 heavy (non-hydrogen) atoms. The number of ether oxygens (including phenoxy) is 3. The minimum absolute atomic E-state index is 0.246. The van der Waals surface area contributed by atoms with Gasteiger partial charge < -0.3 is 19.3 Å². The summed E-state index contributed by atoms with van der Waals surface area (Å²) in [6, 6.07) is 21.3. The number of benzene rings is 3. The van der Waals surface area contributed by atoms with E-state index in [-0.39, 0.29) is 17.9 Å². The van der Waals surface area contributed by atoms with E-state index < -0.39 is 11.6 Å². The molecule has 13 heteroatoms. The number of aliphatic hydroxyl groups is 1. The normalized spacial score (nSPS) is 14.8. The number of nitrogens with zero attached hydrogens (tertiary/aromatic N) is 9. The second-order valence-corrected chi connectivity index (χ2v) is 9.26. The average molecular weight is 554 g/mol. The number of methoxy groups -OCH3 is 3. The average Bonchev–Trinajstić information content (AvgIpc) is 3.83. The highest BCUT2D eigenvalue weighted by Gasteiger charge is 2.49. The van der Waals surface area contributed by atoms with Crippen LogP contribution in [0.4, 0.5) is 5.69 Å². The minimum atomic E-state index is -1.81. The van der Waals surface area contributed by atoms with E-state index in [1.807, 2.05) is 72.8 Å². The van der Waals surface area contributed by atoms with Gasteiger partial charge in [-0.05, 0) is 72.8 Å². The van der Waals surface area contributed by atoms with Gasteiger partial charge in [0.2, 0.25) is 0 Å². The van der Waals surface area contributed by atoms with Crippen molar-refractivity contribution in [2.45, 2.75) is 11.6 Å². The highest BCUT2D eigenvalue weighted by Crippen LogP contribution is 2.37. The summed E-state index contributed by atoms with van der Waals surface area (Å²) in [7, 11) is 4.82. The predicted octanol–water partition coefficient (Wildman–Crippen LogP) is 3.37. The first-order valence-electron chi connectivity index (χ1n) is 12.7. The third-order valence-corrected chi connectivity index (χ3v) is 6.94. The molecule has 1 unspecified atom stereocenters. The Hall–Kier alpha value is -5.30. The lowest BCUT2D eigenvalue weighted by molar-refractivity contribution is 0.0485. The summed E-state index contributed by atoms with van der Waals surface area (Å²) in [6.45, 7) is 0.258. The van der Waals surface area contributed by atoms with Crippen LogP contribution in [0.25, 0.3) is 11.4 Å².